The highest BCUT2D eigenvalue weighted by molar-refractivity contribution is 7.89. The lowest BCUT2D eigenvalue weighted by Gasteiger charge is -2.34. The molecule has 6 nitrogen and oxygen atoms in total. The van der Waals surface area contributed by atoms with Gasteiger partial charge in [0.05, 0.1) is 4.90 Å². The first-order valence-electron chi connectivity index (χ1n) is 9.43. The van der Waals surface area contributed by atoms with Gasteiger partial charge in [0, 0.05) is 49.2 Å². The van der Waals surface area contributed by atoms with Crippen LogP contribution in [0.3, 0.4) is 0 Å². The Morgan fingerprint density at radius 2 is 1.89 bits per heavy atom. The molecule has 0 spiro atoms. The Labute approximate surface area is 171 Å². The molecule has 1 aliphatic rings. The van der Waals surface area contributed by atoms with E-state index in [0.29, 0.717) is 18.7 Å². The Balaban J connectivity index is 1.70. The van der Waals surface area contributed by atoms with Crippen LogP contribution in [0, 0.1) is 6.92 Å². The van der Waals surface area contributed by atoms with Crippen LogP contribution in [0.4, 0.5) is 0 Å². The zero-order chi connectivity index (χ0) is 20.3. The fourth-order valence-corrected chi connectivity index (χ4v) is 5.30. The van der Waals surface area contributed by atoms with E-state index in [0.717, 1.165) is 25.2 Å². The second-order valence-corrected chi connectivity index (χ2v) is 10.1. The maximum atomic E-state index is 13.0. The van der Waals surface area contributed by atoms with Crippen LogP contribution in [-0.4, -0.2) is 56.3 Å². The molecular weight excluding hydrogens is 394 g/mol. The molecule has 1 amide bonds. The van der Waals surface area contributed by atoms with E-state index in [1.54, 1.807) is 37.3 Å². The number of thiophene rings is 1. The fraction of sp³-hybridized carbons (Fsp3) is 0.450. The highest BCUT2D eigenvalue weighted by Crippen LogP contribution is 2.20. The second kappa shape index (κ2) is 8.73. The number of amides is 1. The molecule has 0 saturated carbocycles. The summed E-state index contributed by atoms with van der Waals surface area (Å²) in [6, 6.07) is 8.73. The van der Waals surface area contributed by atoms with Crippen LogP contribution in [0.2, 0.25) is 0 Å². The summed E-state index contributed by atoms with van der Waals surface area (Å²) in [5.74, 6) is -0.102. The van der Waals surface area contributed by atoms with Crippen LogP contribution < -0.4 is 4.72 Å². The first-order chi connectivity index (χ1) is 13.3. The lowest BCUT2D eigenvalue weighted by atomic mass is 10.1. The van der Waals surface area contributed by atoms with E-state index in [-0.39, 0.29) is 16.8 Å². The SMILES string of the molecule is Cc1ccc(S(=O)(=O)NC(C)C)cc1C(=O)N1CCN(Cc2cccs2)CC1. The zero-order valence-electron chi connectivity index (χ0n) is 16.5. The molecule has 0 unspecified atom stereocenters. The maximum absolute atomic E-state index is 13.0. The molecule has 28 heavy (non-hydrogen) atoms. The third-order valence-corrected chi connectivity index (χ3v) is 7.28. The minimum absolute atomic E-state index is 0.102. The molecule has 0 radical (unpaired) electrons. The molecule has 1 fully saturated rings. The van der Waals surface area contributed by atoms with Gasteiger partial charge in [0.25, 0.3) is 5.91 Å². The summed E-state index contributed by atoms with van der Waals surface area (Å²) in [5.41, 5.74) is 1.24. The Bertz CT molecular complexity index is 916. The van der Waals surface area contributed by atoms with Crippen LogP contribution in [0.1, 0.15) is 34.6 Å². The smallest absolute Gasteiger partial charge is 0.254 e. The molecule has 3 rings (SSSR count). The number of sulfonamides is 1. The number of rotatable bonds is 6. The molecule has 1 aromatic heterocycles. The largest absolute Gasteiger partial charge is 0.336 e. The number of piperazine rings is 1. The quantitative estimate of drug-likeness (QED) is 0.779. The third-order valence-electron chi connectivity index (χ3n) is 4.76. The van der Waals surface area contributed by atoms with E-state index in [2.05, 4.69) is 27.1 Å². The molecule has 0 aliphatic carbocycles. The minimum Gasteiger partial charge on any atom is -0.336 e. The van der Waals surface area contributed by atoms with Gasteiger partial charge in [-0.2, -0.15) is 0 Å². The van der Waals surface area contributed by atoms with Gasteiger partial charge in [0.1, 0.15) is 0 Å². The zero-order valence-corrected chi connectivity index (χ0v) is 18.1. The number of carbonyl (C=O) groups is 1. The number of nitrogens with one attached hydrogen (secondary N) is 1. The van der Waals surface area contributed by atoms with E-state index in [1.807, 2.05) is 11.8 Å². The number of hydrogen-bond acceptors (Lipinski definition) is 5. The van der Waals surface area contributed by atoms with Gasteiger partial charge in [-0.1, -0.05) is 12.1 Å². The minimum atomic E-state index is -3.63. The maximum Gasteiger partial charge on any atom is 0.254 e. The highest BCUT2D eigenvalue weighted by Gasteiger charge is 2.25. The van der Waals surface area contributed by atoms with Gasteiger partial charge in [-0.3, -0.25) is 9.69 Å². The standard InChI is InChI=1S/C20H27N3O3S2/c1-15(2)21-28(25,26)18-7-6-16(3)19(13-18)20(24)23-10-8-22(9-11-23)14-17-5-4-12-27-17/h4-7,12-13,15,21H,8-11,14H2,1-3H3. The molecule has 0 atom stereocenters. The highest BCUT2D eigenvalue weighted by atomic mass is 32.2. The van der Waals surface area contributed by atoms with E-state index in [1.165, 1.54) is 10.9 Å². The molecular formula is C20H27N3O3S2. The van der Waals surface area contributed by atoms with Gasteiger partial charge in [-0.05, 0) is 49.9 Å². The van der Waals surface area contributed by atoms with Crippen molar-refractivity contribution in [1.29, 1.82) is 0 Å². The molecule has 8 heteroatoms. The van der Waals surface area contributed by atoms with Gasteiger partial charge in [-0.15, -0.1) is 11.3 Å². The molecule has 1 saturated heterocycles. The van der Waals surface area contributed by atoms with Crippen molar-refractivity contribution >= 4 is 27.3 Å². The topological polar surface area (TPSA) is 69.7 Å². The van der Waals surface area contributed by atoms with Crippen molar-refractivity contribution < 1.29 is 13.2 Å². The molecule has 1 aromatic carbocycles. The number of carbonyl (C=O) groups excluding carboxylic acids is 1. The first kappa shape index (κ1) is 21.0. The second-order valence-electron chi connectivity index (χ2n) is 7.40. The Morgan fingerprint density at radius 1 is 1.18 bits per heavy atom. The number of aryl methyl sites for hydroxylation is 1. The van der Waals surface area contributed by atoms with Crippen molar-refractivity contribution in [2.75, 3.05) is 26.2 Å². The lowest BCUT2D eigenvalue weighted by molar-refractivity contribution is 0.0628. The molecule has 2 aromatic rings. The van der Waals surface area contributed by atoms with E-state index in [4.69, 9.17) is 0 Å². The van der Waals surface area contributed by atoms with Gasteiger partial charge in [0.15, 0.2) is 0 Å². The molecule has 152 valence electrons. The van der Waals surface area contributed by atoms with Crippen LogP contribution in [0.5, 0.6) is 0 Å². The number of benzene rings is 1. The van der Waals surface area contributed by atoms with Gasteiger partial charge >= 0.3 is 0 Å². The summed E-state index contributed by atoms with van der Waals surface area (Å²) in [6.45, 7) is 9.21. The van der Waals surface area contributed by atoms with E-state index < -0.39 is 10.0 Å². The number of nitrogens with zero attached hydrogens (tertiary/aromatic N) is 2. The Kier molecular flexibility index (Phi) is 6.54. The monoisotopic (exact) mass is 421 g/mol. The van der Waals surface area contributed by atoms with Crippen molar-refractivity contribution in [2.45, 2.75) is 38.3 Å². The average Bonchev–Trinajstić information content (AvgIpc) is 3.14. The third kappa shape index (κ3) is 5.00. The van der Waals surface area contributed by atoms with Crippen LogP contribution in [0.15, 0.2) is 40.6 Å². The summed E-state index contributed by atoms with van der Waals surface area (Å²) in [7, 11) is -3.63. The summed E-state index contributed by atoms with van der Waals surface area (Å²) in [6.07, 6.45) is 0. The summed E-state index contributed by atoms with van der Waals surface area (Å²) >= 11 is 1.75. The molecule has 0 bridgehead atoms. The van der Waals surface area contributed by atoms with Crippen molar-refractivity contribution in [1.82, 2.24) is 14.5 Å². The van der Waals surface area contributed by atoms with Crippen molar-refractivity contribution in [2.24, 2.45) is 0 Å². The van der Waals surface area contributed by atoms with Gasteiger partial charge in [-0.25, -0.2) is 13.1 Å². The van der Waals surface area contributed by atoms with E-state index in [9.17, 15) is 13.2 Å². The summed E-state index contributed by atoms with van der Waals surface area (Å²) in [4.78, 5) is 18.7. The van der Waals surface area contributed by atoms with Crippen molar-refractivity contribution in [3.8, 4) is 0 Å². The van der Waals surface area contributed by atoms with Gasteiger partial charge in [0.2, 0.25) is 10.0 Å². The van der Waals surface area contributed by atoms with Crippen molar-refractivity contribution in [3.63, 3.8) is 0 Å². The van der Waals surface area contributed by atoms with Crippen LogP contribution in [-0.2, 0) is 16.6 Å². The molecule has 1 N–H and O–H groups in total. The predicted octanol–water partition coefficient (Wildman–Crippen LogP) is 2.70. The summed E-state index contributed by atoms with van der Waals surface area (Å²) < 4.78 is 27.5. The number of hydrogen-bond donors (Lipinski definition) is 1. The van der Waals surface area contributed by atoms with Gasteiger partial charge < -0.3 is 4.90 Å². The normalized spacial score (nSPS) is 15.9. The Hall–Kier alpha value is -1.74. The fourth-order valence-electron chi connectivity index (χ4n) is 3.28. The predicted molar refractivity (Wildman–Crippen MR) is 112 cm³/mol. The summed E-state index contributed by atoms with van der Waals surface area (Å²) in [5, 5.41) is 2.08. The van der Waals surface area contributed by atoms with Crippen LogP contribution in [0.25, 0.3) is 0 Å². The Morgan fingerprint density at radius 3 is 2.50 bits per heavy atom. The molecule has 1 aliphatic heterocycles. The molecule has 2 heterocycles. The van der Waals surface area contributed by atoms with Crippen molar-refractivity contribution in [3.05, 3.63) is 51.7 Å². The van der Waals surface area contributed by atoms with E-state index >= 15 is 0 Å². The van der Waals surface area contributed by atoms with Crippen LogP contribution >= 0.6 is 11.3 Å². The lowest BCUT2D eigenvalue weighted by Crippen LogP contribution is -2.48. The first-order valence-corrected chi connectivity index (χ1v) is 11.8. The average molecular weight is 422 g/mol.